The van der Waals surface area contributed by atoms with Crippen LogP contribution in [-0.2, 0) is 0 Å². The van der Waals surface area contributed by atoms with Gasteiger partial charge in [0.1, 0.15) is 17.6 Å². The van der Waals surface area contributed by atoms with E-state index < -0.39 is 0 Å². The molecule has 8 heteroatoms. The van der Waals surface area contributed by atoms with Gasteiger partial charge in [-0.1, -0.05) is 17.7 Å². The monoisotopic (exact) mass is 431 g/mol. The first kappa shape index (κ1) is 20.3. The van der Waals surface area contributed by atoms with Gasteiger partial charge in [0, 0.05) is 35.6 Å². The Balaban J connectivity index is 1.70. The summed E-state index contributed by atoms with van der Waals surface area (Å²) in [6.45, 7) is 2.37. The molecule has 3 N–H and O–H groups in total. The van der Waals surface area contributed by atoms with Crippen LogP contribution in [0.5, 0.6) is 17.4 Å². The molecule has 0 saturated heterocycles. The largest absolute Gasteiger partial charge is 0.492 e. The average molecular weight is 432 g/mol. The molecule has 4 rings (SSSR count). The predicted molar refractivity (Wildman–Crippen MR) is 121 cm³/mol. The summed E-state index contributed by atoms with van der Waals surface area (Å²) in [5.41, 5.74) is 8.89. The SMILES string of the molecule is CCOc1cc2ncc(C#N)c(Nc3ccc(Oc4ccccn4)c(Cl)c3)c2cc1N. The molecule has 2 aromatic carbocycles. The van der Waals surface area contributed by atoms with Crippen LogP contribution in [-0.4, -0.2) is 16.6 Å². The Morgan fingerprint density at radius 1 is 1.13 bits per heavy atom. The molecule has 0 amide bonds. The summed E-state index contributed by atoms with van der Waals surface area (Å²) in [4.78, 5) is 8.49. The maximum atomic E-state index is 9.59. The van der Waals surface area contributed by atoms with Crippen molar-refractivity contribution in [3.05, 3.63) is 71.5 Å². The fourth-order valence-corrected chi connectivity index (χ4v) is 3.28. The van der Waals surface area contributed by atoms with Crippen LogP contribution < -0.4 is 20.5 Å². The van der Waals surface area contributed by atoms with Crippen molar-refractivity contribution in [2.45, 2.75) is 6.92 Å². The number of aromatic nitrogens is 2. The summed E-state index contributed by atoms with van der Waals surface area (Å²) >= 11 is 6.41. The molecule has 0 saturated carbocycles. The van der Waals surface area contributed by atoms with Crippen molar-refractivity contribution in [1.82, 2.24) is 9.97 Å². The number of nitrogens with zero attached hydrogens (tertiary/aromatic N) is 3. The molecule has 0 bridgehead atoms. The molecular weight excluding hydrogens is 414 g/mol. The molecule has 31 heavy (non-hydrogen) atoms. The molecule has 4 aromatic rings. The van der Waals surface area contributed by atoms with Crippen LogP contribution in [0, 0.1) is 11.3 Å². The van der Waals surface area contributed by atoms with Gasteiger partial charge in [0.2, 0.25) is 5.88 Å². The van der Waals surface area contributed by atoms with Crippen molar-refractivity contribution in [3.63, 3.8) is 0 Å². The first-order valence-corrected chi connectivity index (χ1v) is 9.87. The highest BCUT2D eigenvalue weighted by atomic mass is 35.5. The molecule has 0 spiro atoms. The number of nitrogens with two attached hydrogens (primary N) is 1. The van der Waals surface area contributed by atoms with Gasteiger partial charge in [0.05, 0.1) is 34.1 Å². The normalized spacial score (nSPS) is 10.5. The van der Waals surface area contributed by atoms with Crippen LogP contribution in [0.3, 0.4) is 0 Å². The maximum absolute atomic E-state index is 9.59. The number of nitrogen functional groups attached to an aromatic ring is 1. The predicted octanol–water partition coefficient (Wildman–Crippen LogP) is 5.67. The quantitative estimate of drug-likeness (QED) is 0.378. The second-order valence-electron chi connectivity index (χ2n) is 6.54. The van der Waals surface area contributed by atoms with Crippen molar-refractivity contribution < 1.29 is 9.47 Å². The first-order chi connectivity index (χ1) is 15.1. The first-order valence-electron chi connectivity index (χ1n) is 9.49. The zero-order valence-electron chi connectivity index (χ0n) is 16.6. The number of hydrogen-bond donors (Lipinski definition) is 2. The minimum absolute atomic E-state index is 0.376. The maximum Gasteiger partial charge on any atom is 0.219 e. The Kier molecular flexibility index (Phi) is 5.74. The number of pyridine rings is 2. The molecule has 0 atom stereocenters. The van der Waals surface area contributed by atoms with Crippen LogP contribution in [0.1, 0.15) is 12.5 Å². The average Bonchev–Trinajstić information content (AvgIpc) is 2.77. The van der Waals surface area contributed by atoms with Gasteiger partial charge in [-0.2, -0.15) is 5.26 Å². The van der Waals surface area contributed by atoms with E-state index >= 15 is 0 Å². The van der Waals surface area contributed by atoms with Gasteiger partial charge in [-0.25, -0.2) is 4.98 Å². The van der Waals surface area contributed by atoms with Crippen molar-refractivity contribution in [3.8, 4) is 23.4 Å². The number of fused-ring (bicyclic) bond motifs is 1. The van der Waals surface area contributed by atoms with Crippen LogP contribution in [0.25, 0.3) is 10.9 Å². The molecule has 2 aromatic heterocycles. The minimum Gasteiger partial charge on any atom is -0.492 e. The summed E-state index contributed by atoms with van der Waals surface area (Å²) in [7, 11) is 0. The fourth-order valence-electron chi connectivity index (χ4n) is 3.06. The van der Waals surface area contributed by atoms with E-state index in [1.165, 1.54) is 6.20 Å². The Bertz CT molecular complexity index is 1290. The summed E-state index contributed by atoms with van der Waals surface area (Å²) in [6, 6.07) is 16.3. The molecule has 154 valence electrons. The van der Waals surface area contributed by atoms with Gasteiger partial charge in [-0.3, -0.25) is 4.98 Å². The number of halogens is 1. The van der Waals surface area contributed by atoms with Crippen molar-refractivity contribution in [2.75, 3.05) is 17.7 Å². The minimum atomic E-state index is 0.376. The Hall–Kier alpha value is -4.02. The highest BCUT2D eigenvalue weighted by molar-refractivity contribution is 6.32. The second kappa shape index (κ2) is 8.78. The molecule has 0 unspecified atom stereocenters. The molecule has 0 aliphatic carbocycles. The van der Waals surface area contributed by atoms with Crippen LogP contribution in [0.2, 0.25) is 5.02 Å². The smallest absolute Gasteiger partial charge is 0.219 e. The van der Waals surface area contributed by atoms with Gasteiger partial charge in [0.15, 0.2) is 0 Å². The molecule has 0 fully saturated rings. The molecule has 2 heterocycles. The Morgan fingerprint density at radius 3 is 2.71 bits per heavy atom. The zero-order chi connectivity index (χ0) is 21.8. The lowest BCUT2D eigenvalue weighted by molar-refractivity contribution is 0.342. The van der Waals surface area contributed by atoms with E-state index in [1.54, 1.807) is 48.7 Å². The van der Waals surface area contributed by atoms with E-state index in [1.807, 2.05) is 13.0 Å². The zero-order valence-corrected chi connectivity index (χ0v) is 17.3. The van der Waals surface area contributed by atoms with Gasteiger partial charge < -0.3 is 20.5 Å². The number of ether oxygens (including phenoxy) is 2. The third-order valence-electron chi connectivity index (χ3n) is 4.47. The van der Waals surface area contributed by atoms with Gasteiger partial charge in [-0.15, -0.1) is 0 Å². The summed E-state index contributed by atoms with van der Waals surface area (Å²) in [5, 5.41) is 13.9. The topological polar surface area (TPSA) is 106 Å². The number of nitrogens with one attached hydrogen (secondary N) is 1. The number of nitriles is 1. The van der Waals surface area contributed by atoms with Crippen LogP contribution in [0.15, 0.2) is 60.9 Å². The molecule has 0 aliphatic rings. The third kappa shape index (κ3) is 4.29. The molecule has 0 radical (unpaired) electrons. The van der Waals surface area contributed by atoms with Crippen LogP contribution in [0.4, 0.5) is 17.1 Å². The third-order valence-corrected chi connectivity index (χ3v) is 4.77. The lowest BCUT2D eigenvalue weighted by Gasteiger charge is -2.15. The van der Waals surface area contributed by atoms with Crippen molar-refractivity contribution >= 4 is 39.6 Å². The standard InChI is InChI=1S/C23H18ClN5O2/c1-2-30-21-11-19-16(10-18(21)26)23(14(12-25)13-28-19)29-15-6-7-20(17(24)9-15)31-22-5-3-4-8-27-22/h3-11,13H,2,26H2,1H3,(H,28,29). The van der Waals surface area contributed by atoms with E-state index in [0.717, 1.165) is 0 Å². The van der Waals surface area contributed by atoms with Gasteiger partial charge in [0.25, 0.3) is 0 Å². The highest BCUT2D eigenvalue weighted by Gasteiger charge is 2.14. The summed E-state index contributed by atoms with van der Waals surface area (Å²) in [5.74, 6) is 1.46. The van der Waals surface area contributed by atoms with E-state index in [4.69, 9.17) is 26.8 Å². The van der Waals surface area contributed by atoms with Gasteiger partial charge in [-0.05, 0) is 37.3 Å². The lowest BCUT2D eigenvalue weighted by atomic mass is 10.1. The Labute approximate surface area is 184 Å². The molecular formula is C23H18ClN5O2. The number of hydrogen-bond acceptors (Lipinski definition) is 7. The van der Waals surface area contributed by atoms with E-state index in [-0.39, 0.29) is 0 Å². The molecule has 7 nitrogen and oxygen atoms in total. The summed E-state index contributed by atoms with van der Waals surface area (Å²) < 4.78 is 11.3. The van der Waals surface area contributed by atoms with Crippen molar-refractivity contribution in [1.29, 1.82) is 5.26 Å². The lowest BCUT2D eigenvalue weighted by Crippen LogP contribution is -2.01. The van der Waals surface area contributed by atoms with Crippen LogP contribution >= 0.6 is 11.6 Å². The summed E-state index contributed by atoms with van der Waals surface area (Å²) in [6.07, 6.45) is 3.15. The molecule has 0 aliphatic heterocycles. The Morgan fingerprint density at radius 2 is 2.00 bits per heavy atom. The number of rotatable bonds is 6. The van der Waals surface area contributed by atoms with Crippen molar-refractivity contribution in [2.24, 2.45) is 0 Å². The van der Waals surface area contributed by atoms with E-state index in [2.05, 4.69) is 21.4 Å². The van der Waals surface area contributed by atoms with E-state index in [9.17, 15) is 5.26 Å². The number of benzene rings is 2. The highest BCUT2D eigenvalue weighted by Crippen LogP contribution is 2.36. The number of anilines is 3. The van der Waals surface area contributed by atoms with Gasteiger partial charge >= 0.3 is 0 Å². The second-order valence-corrected chi connectivity index (χ2v) is 6.95. The van der Waals surface area contributed by atoms with E-state index in [0.29, 0.717) is 62.5 Å². The fraction of sp³-hybridized carbons (Fsp3) is 0.0870.